The number of unbranched alkanes of at least 4 members (excludes halogenated alkanes) is 1. The zero-order valence-corrected chi connectivity index (χ0v) is 14.5. The molecule has 0 aliphatic carbocycles. The summed E-state index contributed by atoms with van der Waals surface area (Å²) in [5.41, 5.74) is 1.91. The third kappa shape index (κ3) is 4.99. The lowest BCUT2D eigenvalue weighted by Crippen LogP contribution is -2.10. The zero-order valence-electron chi connectivity index (χ0n) is 13.7. The van der Waals surface area contributed by atoms with Gasteiger partial charge >= 0.3 is 10.1 Å². The lowest BCUT2D eigenvalue weighted by Gasteiger charge is -2.10. The molecule has 0 fully saturated rings. The van der Waals surface area contributed by atoms with Crippen molar-refractivity contribution in [2.45, 2.75) is 38.5 Å². The van der Waals surface area contributed by atoms with Gasteiger partial charge in [-0.2, -0.15) is 8.42 Å². The molecule has 0 bridgehead atoms. The average molecular weight is 334 g/mol. The number of aryl methyl sites for hydroxylation is 2. The molecule has 0 unspecified atom stereocenters. The first-order valence-electron chi connectivity index (χ1n) is 7.66. The molecule has 0 aromatic heterocycles. The van der Waals surface area contributed by atoms with Crippen LogP contribution in [0.5, 0.6) is 11.5 Å². The smallest absolute Gasteiger partial charge is 0.339 e. The molecule has 0 spiro atoms. The maximum absolute atomic E-state index is 12.3. The predicted molar refractivity (Wildman–Crippen MR) is 90.6 cm³/mol. The molecule has 0 radical (unpaired) electrons. The molecule has 0 atom stereocenters. The van der Waals surface area contributed by atoms with Crippen LogP contribution in [0.15, 0.2) is 47.4 Å². The van der Waals surface area contributed by atoms with Gasteiger partial charge in [-0.1, -0.05) is 19.4 Å². The lowest BCUT2D eigenvalue weighted by atomic mass is 10.1. The molecular formula is C18H22O4S. The first-order valence-corrected chi connectivity index (χ1v) is 9.07. The summed E-state index contributed by atoms with van der Waals surface area (Å²) in [5.74, 6) is 0.981. The normalized spacial score (nSPS) is 11.3. The second-order valence-electron chi connectivity index (χ2n) is 5.53. The molecule has 0 heterocycles. The molecule has 0 aliphatic heterocycles. The number of ether oxygens (including phenoxy) is 1. The van der Waals surface area contributed by atoms with Crippen molar-refractivity contribution in [2.75, 3.05) is 6.61 Å². The van der Waals surface area contributed by atoms with Gasteiger partial charge in [0.05, 0.1) is 6.61 Å². The molecule has 0 saturated carbocycles. The largest absolute Gasteiger partial charge is 0.494 e. The van der Waals surface area contributed by atoms with Gasteiger partial charge < -0.3 is 8.92 Å². The Bertz CT molecular complexity index is 729. The minimum Gasteiger partial charge on any atom is -0.494 e. The van der Waals surface area contributed by atoms with Crippen LogP contribution in [-0.4, -0.2) is 15.0 Å². The minimum absolute atomic E-state index is 0.111. The van der Waals surface area contributed by atoms with E-state index < -0.39 is 10.1 Å². The highest BCUT2D eigenvalue weighted by Crippen LogP contribution is 2.23. The maximum atomic E-state index is 12.3. The van der Waals surface area contributed by atoms with E-state index in [1.165, 1.54) is 12.1 Å². The Hall–Kier alpha value is -2.01. The molecule has 5 heteroatoms. The van der Waals surface area contributed by atoms with E-state index in [4.69, 9.17) is 8.92 Å². The molecule has 0 saturated heterocycles. The molecule has 0 aliphatic rings. The van der Waals surface area contributed by atoms with Crippen molar-refractivity contribution in [1.29, 1.82) is 0 Å². The summed E-state index contributed by atoms with van der Waals surface area (Å²) >= 11 is 0. The van der Waals surface area contributed by atoms with Gasteiger partial charge in [0.15, 0.2) is 0 Å². The van der Waals surface area contributed by atoms with Crippen molar-refractivity contribution in [1.82, 2.24) is 0 Å². The van der Waals surface area contributed by atoms with E-state index in [0.29, 0.717) is 18.1 Å². The summed E-state index contributed by atoms with van der Waals surface area (Å²) < 4.78 is 35.4. The van der Waals surface area contributed by atoms with Crippen LogP contribution in [0.2, 0.25) is 0 Å². The molecule has 0 N–H and O–H groups in total. The molecule has 0 amide bonds. The summed E-state index contributed by atoms with van der Waals surface area (Å²) in [6.45, 7) is 6.51. The van der Waals surface area contributed by atoms with E-state index in [2.05, 4.69) is 6.92 Å². The summed E-state index contributed by atoms with van der Waals surface area (Å²) in [4.78, 5) is 0.111. The Balaban J connectivity index is 2.12. The lowest BCUT2D eigenvalue weighted by molar-refractivity contribution is 0.309. The molecule has 2 aromatic carbocycles. The fourth-order valence-electron chi connectivity index (χ4n) is 2.19. The molecular weight excluding hydrogens is 312 g/mol. The van der Waals surface area contributed by atoms with Crippen LogP contribution in [0.25, 0.3) is 0 Å². The number of hydrogen-bond donors (Lipinski definition) is 0. The Labute approximate surface area is 138 Å². The van der Waals surface area contributed by atoms with Crippen LogP contribution < -0.4 is 8.92 Å². The van der Waals surface area contributed by atoms with Crippen molar-refractivity contribution in [3.8, 4) is 11.5 Å². The van der Waals surface area contributed by atoms with Gasteiger partial charge in [0, 0.05) is 0 Å². The van der Waals surface area contributed by atoms with Crippen molar-refractivity contribution in [3.05, 3.63) is 53.6 Å². The van der Waals surface area contributed by atoms with Gasteiger partial charge in [0.2, 0.25) is 0 Å². The Morgan fingerprint density at radius 1 is 0.913 bits per heavy atom. The predicted octanol–water partition coefficient (Wildman–Crippen LogP) is 4.25. The van der Waals surface area contributed by atoms with Gasteiger partial charge in [-0.25, -0.2) is 0 Å². The minimum atomic E-state index is -3.84. The number of rotatable bonds is 7. The van der Waals surface area contributed by atoms with E-state index in [0.717, 1.165) is 24.0 Å². The quantitative estimate of drug-likeness (QED) is 0.561. The van der Waals surface area contributed by atoms with Gasteiger partial charge in [-0.05, 0) is 67.8 Å². The standard InChI is InChI=1S/C18H22O4S/c1-4-5-10-21-16-6-8-18(9-7-16)23(19,20)22-17-12-14(2)11-15(3)13-17/h6-9,11-13H,4-5,10H2,1-3H3. The van der Waals surface area contributed by atoms with Crippen LogP contribution >= 0.6 is 0 Å². The molecule has 124 valence electrons. The van der Waals surface area contributed by atoms with E-state index in [9.17, 15) is 8.42 Å². The van der Waals surface area contributed by atoms with Crippen LogP contribution in [0.1, 0.15) is 30.9 Å². The van der Waals surface area contributed by atoms with Gasteiger partial charge in [0.1, 0.15) is 16.4 Å². The third-order valence-electron chi connectivity index (χ3n) is 3.28. The number of benzene rings is 2. The van der Waals surface area contributed by atoms with Gasteiger partial charge in [-0.15, -0.1) is 0 Å². The zero-order chi connectivity index (χ0) is 16.9. The first kappa shape index (κ1) is 17.3. The summed E-state index contributed by atoms with van der Waals surface area (Å²) in [5, 5.41) is 0. The summed E-state index contributed by atoms with van der Waals surface area (Å²) in [7, 11) is -3.84. The van der Waals surface area contributed by atoms with E-state index in [1.807, 2.05) is 19.9 Å². The average Bonchev–Trinajstić information content (AvgIpc) is 2.46. The monoisotopic (exact) mass is 334 g/mol. The highest BCUT2D eigenvalue weighted by molar-refractivity contribution is 7.87. The second kappa shape index (κ2) is 7.51. The highest BCUT2D eigenvalue weighted by atomic mass is 32.2. The van der Waals surface area contributed by atoms with E-state index >= 15 is 0 Å². The molecule has 23 heavy (non-hydrogen) atoms. The maximum Gasteiger partial charge on any atom is 0.339 e. The Morgan fingerprint density at radius 3 is 2.09 bits per heavy atom. The van der Waals surface area contributed by atoms with Gasteiger partial charge in [0.25, 0.3) is 0 Å². The van der Waals surface area contributed by atoms with Crippen LogP contribution in [0.3, 0.4) is 0 Å². The van der Waals surface area contributed by atoms with Crippen LogP contribution in [-0.2, 0) is 10.1 Å². The summed E-state index contributed by atoms with van der Waals surface area (Å²) in [6.07, 6.45) is 2.02. The van der Waals surface area contributed by atoms with Crippen LogP contribution in [0, 0.1) is 13.8 Å². The second-order valence-corrected chi connectivity index (χ2v) is 7.08. The van der Waals surface area contributed by atoms with Crippen molar-refractivity contribution in [2.24, 2.45) is 0 Å². The molecule has 2 aromatic rings. The van der Waals surface area contributed by atoms with Crippen LogP contribution in [0.4, 0.5) is 0 Å². The Morgan fingerprint density at radius 2 is 1.52 bits per heavy atom. The fraction of sp³-hybridized carbons (Fsp3) is 0.333. The van der Waals surface area contributed by atoms with Crippen molar-refractivity contribution in [3.63, 3.8) is 0 Å². The SMILES string of the molecule is CCCCOc1ccc(S(=O)(=O)Oc2cc(C)cc(C)c2)cc1. The van der Waals surface area contributed by atoms with Crippen molar-refractivity contribution >= 4 is 10.1 Å². The van der Waals surface area contributed by atoms with Gasteiger partial charge in [-0.3, -0.25) is 0 Å². The highest BCUT2D eigenvalue weighted by Gasteiger charge is 2.17. The third-order valence-corrected chi connectivity index (χ3v) is 4.54. The molecule has 4 nitrogen and oxygen atoms in total. The number of hydrogen-bond acceptors (Lipinski definition) is 4. The first-order chi connectivity index (χ1) is 10.9. The van der Waals surface area contributed by atoms with E-state index in [1.54, 1.807) is 24.3 Å². The summed E-state index contributed by atoms with van der Waals surface area (Å²) in [6, 6.07) is 11.7. The molecule has 2 rings (SSSR count). The Kier molecular flexibility index (Phi) is 5.66. The fourth-order valence-corrected chi connectivity index (χ4v) is 3.11. The van der Waals surface area contributed by atoms with Crippen molar-refractivity contribution < 1.29 is 17.3 Å². The topological polar surface area (TPSA) is 52.6 Å². The van der Waals surface area contributed by atoms with E-state index in [-0.39, 0.29) is 4.90 Å².